The molecule has 1 aromatic carbocycles. The van der Waals surface area contributed by atoms with Gasteiger partial charge in [-0.3, -0.25) is 0 Å². The van der Waals surface area contributed by atoms with Gasteiger partial charge in [-0.25, -0.2) is 9.78 Å². The van der Waals surface area contributed by atoms with Crippen molar-refractivity contribution in [3.05, 3.63) is 54.2 Å². The van der Waals surface area contributed by atoms with Gasteiger partial charge >= 0.3 is 6.09 Å². The minimum absolute atomic E-state index is 0.0374. The van der Waals surface area contributed by atoms with Crippen molar-refractivity contribution in [3.8, 4) is 11.6 Å². The zero-order valence-corrected chi connectivity index (χ0v) is 13.6. The van der Waals surface area contributed by atoms with E-state index in [1.54, 1.807) is 30.3 Å². The van der Waals surface area contributed by atoms with Gasteiger partial charge in [0.15, 0.2) is 0 Å². The number of aromatic nitrogens is 1. The van der Waals surface area contributed by atoms with Crippen LogP contribution in [0.5, 0.6) is 11.6 Å². The minimum Gasteiger partial charge on any atom is -0.490 e. The van der Waals surface area contributed by atoms with Crippen LogP contribution < -0.4 is 9.47 Å². The first-order chi connectivity index (χ1) is 11.8. The number of likely N-dealkylation sites (tertiary alicyclic amines) is 1. The van der Waals surface area contributed by atoms with Gasteiger partial charge in [-0.1, -0.05) is 30.3 Å². The highest BCUT2D eigenvalue weighted by Crippen LogP contribution is 2.21. The molecular formula is C18H20N2O4. The minimum atomic E-state index is -0.299. The van der Waals surface area contributed by atoms with Crippen LogP contribution in [0.2, 0.25) is 0 Å². The zero-order chi connectivity index (χ0) is 16.8. The molecule has 0 saturated carbocycles. The van der Waals surface area contributed by atoms with Crippen LogP contribution in [0.3, 0.4) is 0 Å². The Morgan fingerprint density at radius 2 is 2.08 bits per heavy atom. The Kier molecular flexibility index (Phi) is 5.15. The molecule has 1 aliphatic rings. The van der Waals surface area contributed by atoms with Gasteiger partial charge in [0.2, 0.25) is 5.88 Å². The summed E-state index contributed by atoms with van der Waals surface area (Å²) in [6.45, 7) is 1.41. The first-order valence-corrected chi connectivity index (χ1v) is 7.86. The van der Waals surface area contributed by atoms with Crippen LogP contribution in [-0.2, 0) is 11.3 Å². The number of hydrogen-bond acceptors (Lipinski definition) is 5. The smallest absolute Gasteiger partial charge is 0.410 e. The fourth-order valence-corrected chi connectivity index (χ4v) is 2.42. The molecule has 0 radical (unpaired) electrons. The highest BCUT2D eigenvalue weighted by atomic mass is 16.6. The van der Waals surface area contributed by atoms with E-state index < -0.39 is 0 Å². The van der Waals surface area contributed by atoms with E-state index in [-0.39, 0.29) is 18.7 Å². The molecule has 0 aliphatic carbocycles. The van der Waals surface area contributed by atoms with Gasteiger partial charge in [-0.05, 0) is 18.1 Å². The van der Waals surface area contributed by atoms with Crippen molar-refractivity contribution in [1.82, 2.24) is 9.88 Å². The van der Waals surface area contributed by atoms with Gasteiger partial charge in [-0.15, -0.1) is 0 Å². The van der Waals surface area contributed by atoms with E-state index in [0.29, 0.717) is 24.8 Å². The van der Waals surface area contributed by atoms with Gasteiger partial charge in [0.05, 0.1) is 19.3 Å². The molecule has 1 aromatic heterocycles. The van der Waals surface area contributed by atoms with Crippen LogP contribution in [0, 0.1) is 0 Å². The second kappa shape index (κ2) is 7.68. The van der Waals surface area contributed by atoms with Crippen molar-refractivity contribution in [2.75, 3.05) is 20.3 Å². The SMILES string of the molecule is COc1ccc(OC[C@H]2CCN2C(=O)OCc2ccccc2)cn1. The summed E-state index contributed by atoms with van der Waals surface area (Å²) in [5, 5.41) is 0. The maximum absolute atomic E-state index is 12.1. The van der Waals surface area contributed by atoms with Crippen LogP contribution in [-0.4, -0.2) is 42.3 Å². The largest absolute Gasteiger partial charge is 0.490 e. The van der Waals surface area contributed by atoms with Gasteiger partial charge in [0.1, 0.15) is 19.0 Å². The number of nitrogens with zero attached hydrogens (tertiary/aromatic N) is 2. The van der Waals surface area contributed by atoms with Crippen molar-refractivity contribution in [3.63, 3.8) is 0 Å². The van der Waals surface area contributed by atoms with Crippen molar-refractivity contribution in [2.24, 2.45) is 0 Å². The zero-order valence-electron chi connectivity index (χ0n) is 13.6. The third-order valence-corrected chi connectivity index (χ3v) is 3.94. The molecule has 126 valence electrons. The highest BCUT2D eigenvalue weighted by molar-refractivity contribution is 5.69. The van der Waals surface area contributed by atoms with E-state index in [9.17, 15) is 4.79 Å². The summed E-state index contributed by atoms with van der Waals surface area (Å²) in [4.78, 5) is 17.9. The number of benzene rings is 1. The number of ether oxygens (including phenoxy) is 3. The number of carbonyl (C=O) groups is 1. The van der Waals surface area contributed by atoms with Crippen molar-refractivity contribution < 1.29 is 19.0 Å². The monoisotopic (exact) mass is 328 g/mol. The molecule has 6 heteroatoms. The van der Waals surface area contributed by atoms with Crippen LogP contribution in [0.25, 0.3) is 0 Å². The number of amides is 1. The molecule has 0 N–H and O–H groups in total. The summed E-state index contributed by atoms with van der Waals surface area (Å²) in [5.74, 6) is 1.19. The van der Waals surface area contributed by atoms with Crippen LogP contribution >= 0.6 is 0 Å². The van der Waals surface area contributed by atoms with E-state index >= 15 is 0 Å². The first kappa shape index (κ1) is 16.1. The third kappa shape index (κ3) is 3.95. The molecule has 0 unspecified atom stereocenters. The topological polar surface area (TPSA) is 60.9 Å². The molecule has 0 bridgehead atoms. The molecule has 1 aliphatic heterocycles. The van der Waals surface area contributed by atoms with Crippen LogP contribution in [0.4, 0.5) is 4.79 Å². The average molecular weight is 328 g/mol. The van der Waals surface area contributed by atoms with Gasteiger partial charge in [-0.2, -0.15) is 0 Å². The summed E-state index contributed by atoms with van der Waals surface area (Å²) in [5.41, 5.74) is 0.975. The molecule has 1 amide bonds. The average Bonchev–Trinajstić information content (AvgIpc) is 2.60. The Balaban J connectivity index is 1.44. The van der Waals surface area contributed by atoms with Crippen LogP contribution in [0.15, 0.2) is 48.7 Å². The maximum atomic E-state index is 12.1. The Morgan fingerprint density at radius 1 is 1.25 bits per heavy atom. The Morgan fingerprint density at radius 3 is 2.71 bits per heavy atom. The Bertz CT molecular complexity index is 660. The standard InChI is InChI=1S/C18H20N2O4/c1-22-17-8-7-16(11-19-17)23-13-15-9-10-20(15)18(21)24-12-14-5-3-2-4-6-14/h2-8,11,15H,9-10,12-13H2,1H3/t15-/m1/s1. The normalized spacial score (nSPS) is 16.2. The molecule has 1 atom stereocenters. The van der Waals surface area contributed by atoms with Gasteiger partial charge in [0.25, 0.3) is 0 Å². The lowest BCUT2D eigenvalue weighted by molar-refractivity contribution is 0.0259. The summed E-state index contributed by atoms with van der Waals surface area (Å²) in [6.07, 6.45) is 2.21. The predicted octanol–water partition coefficient (Wildman–Crippen LogP) is 2.88. The summed E-state index contributed by atoms with van der Waals surface area (Å²) in [6, 6.07) is 13.2. The fourth-order valence-electron chi connectivity index (χ4n) is 2.42. The second-order valence-corrected chi connectivity index (χ2v) is 5.52. The fraction of sp³-hybridized carbons (Fsp3) is 0.333. The predicted molar refractivity (Wildman–Crippen MR) is 88.0 cm³/mol. The molecule has 6 nitrogen and oxygen atoms in total. The molecule has 1 saturated heterocycles. The molecule has 0 spiro atoms. The van der Waals surface area contributed by atoms with E-state index in [2.05, 4.69) is 4.98 Å². The van der Waals surface area contributed by atoms with E-state index in [4.69, 9.17) is 14.2 Å². The lowest BCUT2D eigenvalue weighted by Crippen LogP contribution is -2.54. The number of carbonyl (C=O) groups excluding carboxylic acids is 1. The molecule has 1 fully saturated rings. The van der Waals surface area contributed by atoms with Crippen molar-refractivity contribution in [2.45, 2.75) is 19.1 Å². The molecule has 2 aromatic rings. The molecule has 3 rings (SSSR count). The lowest BCUT2D eigenvalue weighted by atomic mass is 10.1. The van der Waals surface area contributed by atoms with Crippen molar-refractivity contribution >= 4 is 6.09 Å². The maximum Gasteiger partial charge on any atom is 0.410 e. The summed E-state index contributed by atoms with van der Waals surface area (Å²) < 4.78 is 16.0. The summed E-state index contributed by atoms with van der Waals surface area (Å²) >= 11 is 0. The number of methoxy groups -OCH3 is 1. The molecule has 24 heavy (non-hydrogen) atoms. The van der Waals surface area contributed by atoms with E-state index in [1.807, 2.05) is 30.3 Å². The Hall–Kier alpha value is -2.76. The number of pyridine rings is 1. The van der Waals surface area contributed by atoms with Crippen molar-refractivity contribution in [1.29, 1.82) is 0 Å². The van der Waals surface area contributed by atoms with Gasteiger partial charge < -0.3 is 19.1 Å². The first-order valence-electron chi connectivity index (χ1n) is 7.86. The number of rotatable bonds is 6. The molecule has 2 heterocycles. The van der Waals surface area contributed by atoms with E-state index in [1.165, 1.54) is 0 Å². The molecular weight excluding hydrogens is 308 g/mol. The highest BCUT2D eigenvalue weighted by Gasteiger charge is 2.33. The third-order valence-electron chi connectivity index (χ3n) is 3.94. The quantitative estimate of drug-likeness (QED) is 0.816. The lowest BCUT2D eigenvalue weighted by Gasteiger charge is -2.39. The van der Waals surface area contributed by atoms with Gasteiger partial charge in [0, 0.05) is 12.6 Å². The van der Waals surface area contributed by atoms with Crippen LogP contribution in [0.1, 0.15) is 12.0 Å². The Labute approximate surface area is 141 Å². The van der Waals surface area contributed by atoms with E-state index in [0.717, 1.165) is 12.0 Å². The number of hydrogen-bond donors (Lipinski definition) is 0. The second-order valence-electron chi connectivity index (χ2n) is 5.52. The summed E-state index contributed by atoms with van der Waals surface area (Å²) in [7, 11) is 1.57.